The molecule has 0 radical (unpaired) electrons. The van der Waals surface area contributed by atoms with Crippen LogP contribution in [0.2, 0.25) is 0 Å². The van der Waals surface area contributed by atoms with Crippen LogP contribution in [0.5, 0.6) is 17.2 Å². The molecule has 186 valence electrons. The second-order valence-corrected chi connectivity index (χ2v) is 8.86. The summed E-state index contributed by atoms with van der Waals surface area (Å²) < 4.78 is 17.8. The van der Waals surface area contributed by atoms with Crippen LogP contribution in [0, 0.1) is 6.92 Å². The predicted octanol–water partition coefficient (Wildman–Crippen LogP) is 4.64. The number of amides is 1. The summed E-state index contributed by atoms with van der Waals surface area (Å²) in [5.41, 5.74) is 1.57. The van der Waals surface area contributed by atoms with Gasteiger partial charge in [-0.3, -0.25) is 14.2 Å². The van der Waals surface area contributed by atoms with Gasteiger partial charge in [0, 0.05) is 5.69 Å². The lowest BCUT2D eigenvalue weighted by Crippen LogP contribution is -2.34. The standard InChI is InChI=1S/C28H29N3O5/c1-17-29-22-10-8-7-9-21(22)26(32)31(17)20-13-11-19(12-14-20)30-27(33)28(2,3)18-15-23(34-4)25(36-6)24(16-18)35-5/h7-16H,1-6H3,(H,30,33). The fourth-order valence-electron chi connectivity index (χ4n) is 4.10. The maximum absolute atomic E-state index is 13.3. The van der Waals surface area contributed by atoms with Crippen LogP contribution in [-0.2, 0) is 10.2 Å². The first-order valence-electron chi connectivity index (χ1n) is 11.4. The Morgan fingerprint density at radius 3 is 2.11 bits per heavy atom. The van der Waals surface area contributed by atoms with Crippen molar-refractivity contribution in [2.45, 2.75) is 26.2 Å². The number of aromatic nitrogens is 2. The van der Waals surface area contributed by atoms with Crippen molar-refractivity contribution in [3.05, 3.63) is 82.4 Å². The number of hydrogen-bond acceptors (Lipinski definition) is 6. The number of carbonyl (C=O) groups excluding carboxylic acids is 1. The highest BCUT2D eigenvalue weighted by Gasteiger charge is 2.32. The number of methoxy groups -OCH3 is 3. The number of fused-ring (bicyclic) bond motifs is 1. The molecule has 0 aliphatic carbocycles. The molecule has 0 spiro atoms. The number of nitrogens with one attached hydrogen (secondary N) is 1. The van der Waals surface area contributed by atoms with Crippen LogP contribution in [-0.4, -0.2) is 36.8 Å². The van der Waals surface area contributed by atoms with Crippen LogP contribution in [0.4, 0.5) is 5.69 Å². The largest absolute Gasteiger partial charge is 0.493 e. The summed E-state index contributed by atoms with van der Waals surface area (Å²) in [4.78, 5) is 30.9. The Morgan fingerprint density at radius 2 is 1.53 bits per heavy atom. The third-order valence-electron chi connectivity index (χ3n) is 6.28. The molecule has 0 unspecified atom stereocenters. The maximum Gasteiger partial charge on any atom is 0.265 e. The Bertz CT molecular complexity index is 1460. The molecule has 0 saturated carbocycles. The molecule has 0 atom stereocenters. The molecule has 1 N–H and O–H groups in total. The van der Waals surface area contributed by atoms with Gasteiger partial charge in [0.2, 0.25) is 11.7 Å². The van der Waals surface area contributed by atoms with E-state index in [0.29, 0.717) is 50.9 Å². The van der Waals surface area contributed by atoms with E-state index in [0.717, 1.165) is 0 Å². The molecular formula is C28H29N3O5. The minimum atomic E-state index is -0.915. The van der Waals surface area contributed by atoms with Gasteiger partial charge in [-0.1, -0.05) is 12.1 Å². The number of hydrogen-bond donors (Lipinski definition) is 1. The summed E-state index contributed by atoms with van der Waals surface area (Å²) in [7, 11) is 4.60. The molecule has 0 aliphatic rings. The summed E-state index contributed by atoms with van der Waals surface area (Å²) in [6, 6.07) is 17.9. The van der Waals surface area contributed by atoms with Gasteiger partial charge < -0.3 is 19.5 Å². The molecule has 3 aromatic carbocycles. The third-order valence-corrected chi connectivity index (χ3v) is 6.28. The van der Waals surface area contributed by atoms with Crippen LogP contribution >= 0.6 is 0 Å². The highest BCUT2D eigenvalue weighted by molar-refractivity contribution is 5.98. The molecule has 4 rings (SSSR count). The Hall–Kier alpha value is -4.33. The van der Waals surface area contributed by atoms with E-state index >= 15 is 0 Å². The van der Waals surface area contributed by atoms with Gasteiger partial charge in [0.25, 0.3) is 5.56 Å². The number of aryl methyl sites for hydroxylation is 1. The van der Waals surface area contributed by atoms with Gasteiger partial charge in [-0.2, -0.15) is 0 Å². The van der Waals surface area contributed by atoms with E-state index in [4.69, 9.17) is 14.2 Å². The number of nitrogens with zero attached hydrogens (tertiary/aromatic N) is 2. The monoisotopic (exact) mass is 487 g/mol. The van der Waals surface area contributed by atoms with Gasteiger partial charge in [-0.25, -0.2) is 4.98 Å². The van der Waals surface area contributed by atoms with Crippen LogP contribution in [0.1, 0.15) is 25.2 Å². The number of rotatable bonds is 7. The predicted molar refractivity (Wildman–Crippen MR) is 140 cm³/mol. The van der Waals surface area contributed by atoms with Crippen molar-refractivity contribution >= 4 is 22.5 Å². The minimum absolute atomic E-state index is 0.140. The fraction of sp³-hybridized carbons (Fsp3) is 0.250. The normalized spacial score (nSPS) is 11.3. The van der Waals surface area contributed by atoms with Gasteiger partial charge in [-0.15, -0.1) is 0 Å². The first-order valence-corrected chi connectivity index (χ1v) is 11.4. The summed E-state index contributed by atoms with van der Waals surface area (Å²) >= 11 is 0. The Balaban J connectivity index is 1.62. The van der Waals surface area contributed by atoms with Crippen molar-refractivity contribution in [1.29, 1.82) is 0 Å². The SMILES string of the molecule is COc1cc(C(C)(C)C(=O)Nc2ccc(-n3c(C)nc4ccccc4c3=O)cc2)cc(OC)c1OC. The molecule has 1 aromatic heterocycles. The molecule has 0 saturated heterocycles. The van der Waals surface area contributed by atoms with Gasteiger partial charge in [0.1, 0.15) is 5.82 Å². The van der Waals surface area contributed by atoms with Crippen LogP contribution in [0.3, 0.4) is 0 Å². The van der Waals surface area contributed by atoms with Gasteiger partial charge in [0.15, 0.2) is 11.5 Å². The number of carbonyl (C=O) groups is 1. The third kappa shape index (κ3) is 4.37. The zero-order chi connectivity index (χ0) is 26.0. The van der Waals surface area contributed by atoms with Crippen molar-refractivity contribution in [2.24, 2.45) is 0 Å². The summed E-state index contributed by atoms with van der Waals surface area (Å²) in [6.07, 6.45) is 0. The number of anilines is 1. The molecule has 1 heterocycles. The first-order chi connectivity index (χ1) is 17.2. The highest BCUT2D eigenvalue weighted by atomic mass is 16.5. The molecule has 8 heteroatoms. The molecule has 36 heavy (non-hydrogen) atoms. The minimum Gasteiger partial charge on any atom is -0.493 e. The second kappa shape index (κ2) is 9.73. The zero-order valence-electron chi connectivity index (χ0n) is 21.2. The maximum atomic E-state index is 13.3. The van der Waals surface area contributed by atoms with Crippen molar-refractivity contribution in [3.63, 3.8) is 0 Å². The number of ether oxygens (including phenoxy) is 3. The summed E-state index contributed by atoms with van der Waals surface area (Å²) in [6.45, 7) is 5.44. The highest BCUT2D eigenvalue weighted by Crippen LogP contribution is 2.41. The smallest absolute Gasteiger partial charge is 0.265 e. The Morgan fingerprint density at radius 1 is 0.917 bits per heavy atom. The lowest BCUT2D eigenvalue weighted by Gasteiger charge is -2.26. The van der Waals surface area contributed by atoms with E-state index < -0.39 is 5.41 Å². The van der Waals surface area contributed by atoms with Crippen molar-refractivity contribution in [2.75, 3.05) is 26.6 Å². The van der Waals surface area contributed by atoms with Crippen LogP contribution in [0.15, 0.2) is 65.5 Å². The fourth-order valence-corrected chi connectivity index (χ4v) is 4.10. The van der Waals surface area contributed by atoms with Crippen molar-refractivity contribution < 1.29 is 19.0 Å². The van der Waals surface area contributed by atoms with Crippen LogP contribution < -0.4 is 25.1 Å². The Labute approximate surface area is 209 Å². The van der Waals surface area contributed by atoms with Gasteiger partial charge in [-0.05, 0) is 74.9 Å². The van der Waals surface area contributed by atoms with Crippen LogP contribution in [0.25, 0.3) is 16.6 Å². The first kappa shape index (κ1) is 24.8. The van der Waals surface area contributed by atoms with E-state index in [-0.39, 0.29) is 11.5 Å². The van der Waals surface area contributed by atoms with E-state index in [2.05, 4.69) is 10.3 Å². The molecule has 4 aromatic rings. The topological polar surface area (TPSA) is 91.7 Å². The summed E-state index contributed by atoms with van der Waals surface area (Å²) in [5.74, 6) is 1.78. The van der Waals surface area contributed by atoms with Gasteiger partial charge in [0.05, 0.1) is 43.3 Å². The molecule has 0 aliphatic heterocycles. The van der Waals surface area contributed by atoms with Crippen molar-refractivity contribution in [1.82, 2.24) is 9.55 Å². The van der Waals surface area contributed by atoms with E-state index in [1.165, 1.54) is 21.3 Å². The lowest BCUT2D eigenvalue weighted by molar-refractivity contribution is -0.120. The zero-order valence-corrected chi connectivity index (χ0v) is 21.2. The molecule has 0 bridgehead atoms. The average Bonchev–Trinajstić information content (AvgIpc) is 2.88. The van der Waals surface area contributed by atoms with E-state index in [1.807, 2.05) is 32.0 Å². The van der Waals surface area contributed by atoms with Crippen molar-refractivity contribution in [3.8, 4) is 22.9 Å². The molecule has 0 fully saturated rings. The summed E-state index contributed by atoms with van der Waals surface area (Å²) in [5, 5.41) is 3.52. The Kier molecular flexibility index (Phi) is 6.70. The van der Waals surface area contributed by atoms with E-state index in [9.17, 15) is 9.59 Å². The molecular weight excluding hydrogens is 458 g/mol. The van der Waals surface area contributed by atoms with E-state index in [1.54, 1.807) is 54.0 Å². The molecule has 1 amide bonds. The average molecular weight is 488 g/mol. The number of para-hydroxylation sites is 1. The van der Waals surface area contributed by atoms with Gasteiger partial charge >= 0.3 is 0 Å². The second-order valence-electron chi connectivity index (χ2n) is 8.86. The molecule has 8 nitrogen and oxygen atoms in total. The quantitative estimate of drug-likeness (QED) is 0.409. The number of benzene rings is 3. The lowest BCUT2D eigenvalue weighted by atomic mass is 9.83.